The molecule has 2 aromatic carbocycles. The molecule has 0 spiro atoms. The van der Waals surface area contributed by atoms with E-state index in [1.165, 1.54) is 44.6 Å². The number of nitrogens with one attached hydrogen (secondary N) is 2. The summed E-state index contributed by atoms with van der Waals surface area (Å²) in [5.41, 5.74) is 0.715. The number of benzene rings is 2. The van der Waals surface area contributed by atoms with Gasteiger partial charge in [0.25, 0.3) is 10.0 Å². The van der Waals surface area contributed by atoms with E-state index in [1.807, 2.05) is 0 Å². The molecule has 2 aromatic rings. The van der Waals surface area contributed by atoms with Gasteiger partial charge in [0.15, 0.2) is 0 Å². The summed E-state index contributed by atoms with van der Waals surface area (Å²) in [4.78, 5) is 12.5. The van der Waals surface area contributed by atoms with Crippen LogP contribution in [0.2, 0.25) is 10.0 Å². The summed E-state index contributed by atoms with van der Waals surface area (Å²) < 4.78 is 33.4. The lowest BCUT2D eigenvalue weighted by Gasteiger charge is -2.21. The molecule has 2 bridgehead atoms. The van der Waals surface area contributed by atoms with E-state index in [9.17, 15) is 13.2 Å². The molecule has 2 N–H and O–H groups in total. The van der Waals surface area contributed by atoms with Gasteiger partial charge in [-0.2, -0.15) is 0 Å². The number of fused-ring (bicyclic) bond motifs is 2. The zero-order chi connectivity index (χ0) is 22.2. The van der Waals surface area contributed by atoms with Gasteiger partial charge >= 0.3 is 0 Å². The molecule has 4 rings (SSSR count). The summed E-state index contributed by atoms with van der Waals surface area (Å²) in [6.45, 7) is 0. The lowest BCUT2D eigenvalue weighted by molar-refractivity contribution is -0.117. The molecule has 2 saturated carbocycles. The van der Waals surface area contributed by atoms with Gasteiger partial charge < -0.3 is 10.1 Å². The largest absolute Gasteiger partial charge is 0.495 e. The standard InChI is InChI=1S/C22H24Cl2N2O4S/c1-30-21-7-4-16(25-22(27)10-15-9-13-2-3-14(15)8-13)11-20(21)26-31(28,29)17-5-6-18(23)19(24)12-17/h4-7,11-15,26H,2-3,8-10H2,1H3,(H,25,27)/t13-,14+,15+/m0/s1. The Balaban J connectivity index is 1.49. The molecule has 1 amide bonds. The molecule has 0 unspecified atom stereocenters. The number of carbonyl (C=O) groups excluding carboxylic acids is 1. The van der Waals surface area contributed by atoms with E-state index in [4.69, 9.17) is 27.9 Å². The second kappa shape index (κ2) is 8.88. The van der Waals surface area contributed by atoms with E-state index in [0.29, 0.717) is 29.7 Å². The second-order valence-electron chi connectivity index (χ2n) is 8.28. The lowest BCUT2D eigenvalue weighted by atomic mass is 9.86. The van der Waals surface area contributed by atoms with Gasteiger partial charge in [-0.1, -0.05) is 29.6 Å². The van der Waals surface area contributed by atoms with Crippen LogP contribution in [0.4, 0.5) is 11.4 Å². The number of amides is 1. The molecule has 0 heterocycles. The minimum Gasteiger partial charge on any atom is -0.495 e. The molecule has 166 valence electrons. The minimum absolute atomic E-state index is 0.0327. The third-order valence-corrected chi connectivity index (χ3v) is 8.36. The quantitative estimate of drug-likeness (QED) is 0.540. The molecule has 9 heteroatoms. The van der Waals surface area contributed by atoms with Gasteiger partial charge in [0, 0.05) is 12.1 Å². The van der Waals surface area contributed by atoms with Crippen molar-refractivity contribution in [2.24, 2.45) is 17.8 Å². The van der Waals surface area contributed by atoms with E-state index in [-0.39, 0.29) is 26.5 Å². The van der Waals surface area contributed by atoms with Crippen LogP contribution in [0.5, 0.6) is 5.75 Å². The fourth-order valence-corrected chi connectivity index (χ4v) is 6.24. The Hall–Kier alpha value is -1.96. The Kier molecular flexibility index (Phi) is 6.37. The SMILES string of the molecule is COc1ccc(NC(=O)C[C@H]2C[C@H]3CC[C@@H]2C3)cc1NS(=O)(=O)c1ccc(Cl)c(Cl)c1. The van der Waals surface area contributed by atoms with Gasteiger partial charge in [-0.15, -0.1) is 0 Å². The molecule has 3 atom stereocenters. The number of methoxy groups -OCH3 is 1. The molecular weight excluding hydrogens is 459 g/mol. The minimum atomic E-state index is -3.94. The Morgan fingerprint density at radius 3 is 2.55 bits per heavy atom. The van der Waals surface area contributed by atoms with Crippen LogP contribution in [0.25, 0.3) is 0 Å². The number of sulfonamides is 1. The summed E-state index contributed by atoms with van der Waals surface area (Å²) in [5.74, 6) is 2.17. The van der Waals surface area contributed by atoms with Crippen molar-refractivity contribution in [3.63, 3.8) is 0 Å². The number of anilines is 2. The van der Waals surface area contributed by atoms with Crippen LogP contribution in [-0.4, -0.2) is 21.4 Å². The average molecular weight is 483 g/mol. The normalized spacial score (nSPS) is 22.4. The van der Waals surface area contributed by atoms with Gasteiger partial charge in [-0.25, -0.2) is 8.42 Å². The average Bonchev–Trinajstić information content (AvgIpc) is 3.33. The maximum absolute atomic E-state index is 12.8. The third kappa shape index (κ3) is 4.94. The van der Waals surface area contributed by atoms with Crippen LogP contribution in [0.15, 0.2) is 41.3 Å². The number of hydrogen-bond acceptors (Lipinski definition) is 4. The summed E-state index contributed by atoms with van der Waals surface area (Å²) >= 11 is 11.8. The van der Waals surface area contributed by atoms with Crippen molar-refractivity contribution in [1.82, 2.24) is 0 Å². The molecule has 0 radical (unpaired) electrons. The summed E-state index contributed by atoms with van der Waals surface area (Å²) in [6.07, 6.45) is 5.41. The topological polar surface area (TPSA) is 84.5 Å². The molecule has 2 aliphatic rings. The highest BCUT2D eigenvalue weighted by Crippen LogP contribution is 2.49. The van der Waals surface area contributed by atoms with Crippen LogP contribution < -0.4 is 14.8 Å². The first-order chi connectivity index (χ1) is 14.7. The highest BCUT2D eigenvalue weighted by atomic mass is 35.5. The van der Waals surface area contributed by atoms with E-state index in [0.717, 1.165) is 12.3 Å². The maximum atomic E-state index is 12.8. The molecule has 2 fully saturated rings. The monoisotopic (exact) mass is 482 g/mol. The van der Waals surface area contributed by atoms with Crippen molar-refractivity contribution in [2.75, 3.05) is 17.1 Å². The number of halogens is 2. The zero-order valence-corrected chi connectivity index (χ0v) is 19.4. The Morgan fingerprint density at radius 1 is 1.10 bits per heavy atom. The summed E-state index contributed by atoms with van der Waals surface area (Å²) in [7, 11) is -2.50. The van der Waals surface area contributed by atoms with Crippen LogP contribution in [-0.2, 0) is 14.8 Å². The fourth-order valence-electron chi connectivity index (χ4n) is 4.79. The summed E-state index contributed by atoms with van der Waals surface area (Å²) in [5, 5.41) is 3.29. The first-order valence-electron chi connectivity index (χ1n) is 10.2. The number of hydrogen-bond donors (Lipinski definition) is 2. The van der Waals surface area contributed by atoms with Crippen LogP contribution in [0, 0.1) is 17.8 Å². The van der Waals surface area contributed by atoms with Crippen LogP contribution in [0.3, 0.4) is 0 Å². The van der Waals surface area contributed by atoms with Crippen molar-refractivity contribution in [3.8, 4) is 5.75 Å². The Morgan fingerprint density at radius 2 is 1.90 bits per heavy atom. The van der Waals surface area contributed by atoms with E-state index >= 15 is 0 Å². The molecule has 31 heavy (non-hydrogen) atoms. The third-order valence-electron chi connectivity index (χ3n) is 6.26. The Labute approximate surface area is 192 Å². The first-order valence-corrected chi connectivity index (χ1v) is 12.4. The molecular formula is C22H24Cl2N2O4S. The predicted octanol–water partition coefficient (Wildman–Crippen LogP) is 5.57. The van der Waals surface area contributed by atoms with Gasteiger partial charge in [0.05, 0.1) is 27.7 Å². The van der Waals surface area contributed by atoms with Gasteiger partial charge in [-0.05, 0) is 73.4 Å². The van der Waals surface area contributed by atoms with Crippen molar-refractivity contribution >= 4 is 50.5 Å². The maximum Gasteiger partial charge on any atom is 0.262 e. The fraction of sp³-hybridized carbons (Fsp3) is 0.409. The number of rotatable bonds is 7. The molecule has 0 aliphatic heterocycles. The van der Waals surface area contributed by atoms with Crippen molar-refractivity contribution in [3.05, 3.63) is 46.4 Å². The number of ether oxygens (including phenoxy) is 1. The zero-order valence-electron chi connectivity index (χ0n) is 17.0. The molecule has 0 aromatic heterocycles. The first kappa shape index (κ1) is 22.2. The van der Waals surface area contributed by atoms with Crippen molar-refractivity contribution in [1.29, 1.82) is 0 Å². The predicted molar refractivity (Wildman–Crippen MR) is 122 cm³/mol. The highest BCUT2D eigenvalue weighted by molar-refractivity contribution is 7.92. The summed E-state index contributed by atoms with van der Waals surface area (Å²) in [6, 6.07) is 8.91. The molecule has 2 aliphatic carbocycles. The second-order valence-corrected chi connectivity index (χ2v) is 10.8. The molecule has 6 nitrogen and oxygen atoms in total. The molecule has 0 saturated heterocycles. The van der Waals surface area contributed by atoms with Crippen LogP contribution in [0.1, 0.15) is 32.1 Å². The highest BCUT2D eigenvalue weighted by Gasteiger charge is 2.40. The van der Waals surface area contributed by atoms with Gasteiger partial charge in [-0.3, -0.25) is 9.52 Å². The van der Waals surface area contributed by atoms with E-state index < -0.39 is 10.0 Å². The van der Waals surface area contributed by atoms with E-state index in [2.05, 4.69) is 10.0 Å². The number of carbonyl (C=O) groups is 1. The lowest BCUT2D eigenvalue weighted by Crippen LogP contribution is -2.20. The van der Waals surface area contributed by atoms with E-state index in [1.54, 1.807) is 18.2 Å². The van der Waals surface area contributed by atoms with Crippen LogP contribution >= 0.6 is 23.2 Å². The van der Waals surface area contributed by atoms with Gasteiger partial charge in [0.1, 0.15) is 5.75 Å². The van der Waals surface area contributed by atoms with Crippen molar-refractivity contribution in [2.45, 2.75) is 37.0 Å². The Bertz CT molecular complexity index is 1110. The smallest absolute Gasteiger partial charge is 0.262 e. The van der Waals surface area contributed by atoms with Gasteiger partial charge in [0.2, 0.25) is 5.91 Å². The van der Waals surface area contributed by atoms with Crippen molar-refractivity contribution < 1.29 is 17.9 Å².